The molecular formula is C22H29N5O4S. The van der Waals surface area contributed by atoms with Gasteiger partial charge in [0.1, 0.15) is 5.82 Å². The molecule has 0 spiro atoms. The Morgan fingerprint density at radius 2 is 1.94 bits per heavy atom. The van der Waals surface area contributed by atoms with E-state index in [2.05, 4.69) is 15.0 Å². The van der Waals surface area contributed by atoms with Crippen LogP contribution in [0.2, 0.25) is 0 Å². The zero-order chi connectivity index (χ0) is 23.5. The molecule has 1 amide bonds. The predicted molar refractivity (Wildman–Crippen MR) is 123 cm³/mol. The van der Waals surface area contributed by atoms with Crippen molar-refractivity contribution in [2.24, 2.45) is 5.92 Å². The average Bonchev–Trinajstić information content (AvgIpc) is 2.74. The van der Waals surface area contributed by atoms with Crippen LogP contribution in [0, 0.1) is 18.3 Å². The van der Waals surface area contributed by atoms with Crippen LogP contribution in [0.15, 0.2) is 35.4 Å². The van der Waals surface area contributed by atoms with Crippen molar-refractivity contribution >= 4 is 27.6 Å². The van der Waals surface area contributed by atoms with Gasteiger partial charge in [-0.1, -0.05) is 6.07 Å². The Hall–Kier alpha value is -2.82. The summed E-state index contributed by atoms with van der Waals surface area (Å²) < 4.78 is 28.8. The monoisotopic (exact) mass is 459 g/mol. The number of benzene rings is 1. The predicted octanol–water partition coefficient (Wildman–Crippen LogP) is 2.20. The third kappa shape index (κ3) is 5.50. The molecule has 0 bridgehead atoms. The SMILES string of the molecule is CC(=N)NC(=O)c1cc(-c2cc(S(=O)(=O)NC3CCC(CO)CC3)ccc2C)cnc1N. The first kappa shape index (κ1) is 23.8. The van der Waals surface area contributed by atoms with Crippen LogP contribution in [-0.4, -0.2) is 42.9 Å². The Kier molecular flexibility index (Phi) is 7.27. The van der Waals surface area contributed by atoms with Gasteiger partial charge in [-0.2, -0.15) is 0 Å². The van der Waals surface area contributed by atoms with E-state index in [1.165, 1.54) is 13.1 Å². The number of aryl methyl sites for hydroxylation is 1. The number of aliphatic hydroxyl groups is 1. The number of rotatable bonds is 6. The van der Waals surface area contributed by atoms with Gasteiger partial charge < -0.3 is 16.2 Å². The topological polar surface area (TPSA) is 158 Å². The number of pyridine rings is 1. The van der Waals surface area contributed by atoms with Crippen LogP contribution in [0.4, 0.5) is 5.82 Å². The summed E-state index contributed by atoms with van der Waals surface area (Å²) in [7, 11) is -3.75. The zero-order valence-corrected chi connectivity index (χ0v) is 19.0. The number of amidine groups is 1. The van der Waals surface area contributed by atoms with Gasteiger partial charge in [0.2, 0.25) is 10.0 Å². The number of nitrogens with zero attached hydrogens (tertiary/aromatic N) is 1. The maximum atomic E-state index is 13.0. The van der Waals surface area contributed by atoms with Crippen LogP contribution >= 0.6 is 0 Å². The number of hydrogen-bond donors (Lipinski definition) is 5. The number of aliphatic hydroxyl groups excluding tert-OH is 1. The first-order valence-electron chi connectivity index (χ1n) is 10.5. The van der Waals surface area contributed by atoms with E-state index in [-0.39, 0.29) is 40.7 Å². The molecule has 0 unspecified atom stereocenters. The molecule has 0 aliphatic heterocycles. The molecule has 1 heterocycles. The fourth-order valence-corrected chi connectivity index (χ4v) is 5.20. The first-order valence-corrected chi connectivity index (χ1v) is 11.9. The lowest BCUT2D eigenvalue weighted by molar-refractivity contribution is 0.0977. The molecule has 1 aliphatic carbocycles. The van der Waals surface area contributed by atoms with E-state index in [0.29, 0.717) is 24.0 Å². The molecule has 1 aliphatic rings. The Morgan fingerprint density at radius 1 is 1.25 bits per heavy atom. The minimum absolute atomic E-state index is 0.0223. The molecule has 172 valence electrons. The quantitative estimate of drug-likeness (QED) is 0.329. The molecule has 6 N–H and O–H groups in total. The van der Waals surface area contributed by atoms with Crippen molar-refractivity contribution in [2.75, 3.05) is 12.3 Å². The van der Waals surface area contributed by atoms with Crippen LogP contribution in [0.5, 0.6) is 0 Å². The summed E-state index contributed by atoms with van der Waals surface area (Å²) in [6.07, 6.45) is 4.46. The van der Waals surface area contributed by atoms with Crippen molar-refractivity contribution in [1.82, 2.24) is 15.0 Å². The van der Waals surface area contributed by atoms with Gasteiger partial charge in [-0.15, -0.1) is 0 Å². The number of carbonyl (C=O) groups is 1. The molecule has 1 fully saturated rings. The second kappa shape index (κ2) is 9.76. The Bertz CT molecular complexity index is 1130. The molecule has 0 saturated heterocycles. The van der Waals surface area contributed by atoms with E-state index in [4.69, 9.17) is 11.1 Å². The van der Waals surface area contributed by atoms with Gasteiger partial charge >= 0.3 is 0 Å². The minimum atomic E-state index is -3.75. The Labute approximate surface area is 188 Å². The van der Waals surface area contributed by atoms with E-state index < -0.39 is 15.9 Å². The average molecular weight is 460 g/mol. The summed E-state index contributed by atoms with van der Waals surface area (Å²) in [5.74, 6) is -0.314. The molecule has 0 radical (unpaired) electrons. The van der Waals surface area contributed by atoms with Gasteiger partial charge in [0.05, 0.1) is 16.3 Å². The number of aromatic nitrogens is 1. The summed E-state index contributed by atoms with van der Waals surface area (Å²) in [5.41, 5.74) is 7.93. The number of anilines is 1. The maximum absolute atomic E-state index is 13.0. The van der Waals surface area contributed by atoms with Gasteiger partial charge in [0.25, 0.3) is 5.91 Å². The summed E-state index contributed by atoms with van der Waals surface area (Å²) in [5, 5.41) is 19.1. The van der Waals surface area contributed by atoms with Crippen molar-refractivity contribution in [1.29, 1.82) is 5.41 Å². The lowest BCUT2D eigenvalue weighted by Crippen LogP contribution is -2.38. The molecule has 3 rings (SSSR count). The van der Waals surface area contributed by atoms with Gasteiger partial charge in [0.15, 0.2) is 0 Å². The van der Waals surface area contributed by atoms with Crippen molar-refractivity contribution in [3.8, 4) is 11.1 Å². The van der Waals surface area contributed by atoms with E-state index in [0.717, 1.165) is 18.4 Å². The second-order valence-corrected chi connectivity index (χ2v) is 9.95. The van der Waals surface area contributed by atoms with Crippen molar-refractivity contribution in [3.05, 3.63) is 41.6 Å². The van der Waals surface area contributed by atoms with Crippen LogP contribution in [0.3, 0.4) is 0 Å². The van der Waals surface area contributed by atoms with Gasteiger partial charge in [-0.3, -0.25) is 10.2 Å². The number of carbonyl (C=O) groups excluding carboxylic acids is 1. The normalized spacial score (nSPS) is 18.8. The molecule has 1 saturated carbocycles. The summed E-state index contributed by atoms with van der Waals surface area (Å²) in [4.78, 5) is 16.6. The van der Waals surface area contributed by atoms with Crippen LogP contribution < -0.4 is 15.8 Å². The number of amides is 1. The second-order valence-electron chi connectivity index (χ2n) is 8.23. The van der Waals surface area contributed by atoms with Crippen molar-refractivity contribution < 1.29 is 18.3 Å². The molecule has 0 atom stereocenters. The Morgan fingerprint density at radius 3 is 2.56 bits per heavy atom. The fraction of sp³-hybridized carbons (Fsp3) is 0.409. The summed E-state index contributed by atoms with van der Waals surface area (Å²) in [6, 6.07) is 6.21. The molecule has 1 aromatic heterocycles. The fourth-order valence-electron chi connectivity index (χ4n) is 3.87. The molecule has 9 nitrogen and oxygen atoms in total. The largest absolute Gasteiger partial charge is 0.396 e. The minimum Gasteiger partial charge on any atom is -0.396 e. The summed E-state index contributed by atoms with van der Waals surface area (Å²) >= 11 is 0. The number of nitrogens with two attached hydrogens (primary N) is 1. The lowest BCUT2D eigenvalue weighted by atomic mass is 9.87. The van der Waals surface area contributed by atoms with Crippen molar-refractivity contribution in [3.63, 3.8) is 0 Å². The van der Waals surface area contributed by atoms with E-state index in [9.17, 15) is 18.3 Å². The van der Waals surface area contributed by atoms with Crippen LogP contribution in [0.25, 0.3) is 11.1 Å². The number of nitrogen functional groups attached to an aromatic ring is 1. The zero-order valence-electron chi connectivity index (χ0n) is 18.2. The van der Waals surface area contributed by atoms with Gasteiger partial charge in [0, 0.05) is 24.4 Å². The van der Waals surface area contributed by atoms with Crippen LogP contribution in [0.1, 0.15) is 48.5 Å². The molecule has 1 aromatic carbocycles. The number of hydrogen-bond acceptors (Lipinski definition) is 7. The van der Waals surface area contributed by atoms with E-state index >= 15 is 0 Å². The maximum Gasteiger partial charge on any atom is 0.260 e. The standard InChI is InChI=1S/C22H29N5O4S/c1-13-3-8-18(32(30,31)27-17-6-4-15(12-28)5-7-17)10-19(13)16-9-20(21(24)25-11-16)22(29)26-14(2)23/h3,8-11,15,17,27-28H,4-7,12H2,1-2H3,(H2,24,25)(H2,23,26,29). The van der Waals surface area contributed by atoms with E-state index in [1.807, 2.05) is 6.92 Å². The molecule has 10 heteroatoms. The molecular weight excluding hydrogens is 430 g/mol. The third-order valence-electron chi connectivity index (χ3n) is 5.72. The number of nitrogens with one attached hydrogen (secondary N) is 3. The van der Waals surface area contributed by atoms with Gasteiger partial charge in [-0.05, 0) is 74.8 Å². The molecule has 2 aromatic rings. The lowest BCUT2D eigenvalue weighted by Gasteiger charge is -2.27. The van der Waals surface area contributed by atoms with Crippen LogP contribution in [-0.2, 0) is 10.0 Å². The summed E-state index contributed by atoms with van der Waals surface area (Å²) in [6.45, 7) is 3.41. The van der Waals surface area contributed by atoms with Gasteiger partial charge in [-0.25, -0.2) is 18.1 Å². The highest BCUT2D eigenvalue weighted by atomic mass is 32.2. The highest BCUT2D eigenvalue weighted by Gasteiger charge is 2.26. The van der Waals surface area contributed by atoms with E-state index in [1.54, 1.807) is 24.3 Å². The first-order chi connectivity index (χ1) is 15.1. The number of sulfonamides is 1. The highest BCUT2D eigenvalue weighted by molar-refractivity contribution is 7.89. The Balaban J connectivity index is 1.89. The molecule has 32 heavy (non-hydrogen) atoms. The smallest absolute Gasteiger partial charge is 0.260 e. The van der Waals surface area contributed by atoms with Crippen molar-refractivity contribution in [2.45, 2.75) is 50.5 Å². The highest BCUT2D eigenvalue weighted by Crippen LogP contribution is 2.29. The third-order valence-corrected chi connectivity index (χ3v) is 7.24.